The van der Waals surface area contributed by atoms with E-state index < -0.39 is 5.97 Å². The summed E-state index contributed by atoms with van der Waals surface area (Å²) in [6, 6.07) is 9.90. The number of carboxylic acids is 1. The van der Waals surface area contributed by atoms with Gasteiger partial charge in [0.05, 0.1) is 0 Å². The summed E-state index contributed by atoms with van der Waals surface area (Å²) in [6.45, 7) is 3.88. The molecular formula is C12H15O2-. The van der Waals surface area contributed by atoms with Gasteiger partial charge in [0.1, 0.15) is 0 Å². The van der Waals surface area contributed by atoms with Crippen LogP contribution >= 0.6 is 0 Å². The van der Waals surface area contributed by atoms with E-state index in [9.17, 15) is 9.90 Å². The lowest BCUT2D eigenvalue weighted by molar-refractivity contribution is -0.307. The number of carbonyl (C=O) groups is 1. The quantitative estimate of drug-likeness (QED) is 0.721. The molecule has 0 saturated carbocycles. The van der Waals surface area contributed by atoms with Gasteiger partial charge >= 0.3 is 0 Å². The summed E-state index contributed by atoms with van der Waals surface area (Å²) < 4.78 is 0. The highest BCUT2D eigenvalue weighted by Gasteiger charge is 2.18. The van der Waals surface area contributed by atoms with Crippen LogP contribution in [-0.2, 0) is 11.2 Å². The van der Waals surface area contributed by atoms with Crippen molar-refractivity contribution in [2.24, 2.45) is 5.41 Å². The zero-order valence-electron chi connectivity index (χ0n) is 8.62. The lowest BCUT2D eigenvalue weighted by Gasteiger charge is -2.25. The molecule has 0 aliphatic heterocycles. The maximum absolute atomic E-state index is 10.5. The minimum atomic E-state index is -0.981. The molecule has 76 valence electrons. The Morgan fingerprint density at radius 1 is 1.29 bits per heavy atom. The molecule has 0 fully saturated rings. The third-order valence-electron chi connectivity index (χ3n) is 2.15. The Morgan fingerprint density at radius 2 is 1.86 bits per heavy atom. The van der Waals surface area contributed by atoms with Gasteiger partial charge in [0.15, 0.2) is 0 Å². The predicted octanol–water partition coefficient (Wildman–Crippen LogP) is 1.40. The highest BCUT2D eigenvalue weighted by molar-refractivity contribution is 5.65. The van der Waals surface area contributed by atoms with Crippen LogP contribution in [0.4, 0.5) is 0 Å². The van der Waals surface area contributed by atoms with Crippen molar-refractivity contribution in [1.82, 2.24) is 0 Å². The highest BCUT2D eigenvalue weighted by atomic mass is 16.4. The number of rotatable bonds is 4. The molecule has 0 spiro atoms. The normalized spacial score (nSPS) is 11.3. The number of carboxylic acid groups (broad SMARTS) is 1. The lowest BCUT2D eigenvalue weighted by atomic mass is 9.83. The van der Waals surface area contributed by atoms with Crippen molar-refractivity contribution in [2.75, 3.05) is 0 Å². The van der Waals surface area contributed by atoms with Crippen molar-refractivity contribution in [2.45, 2.75) is 26.7 Å². The first-order valence-electron chi connectivity index (χ1n) is 4.73. The summed E-state index contributed by atoms with van der Waals surface area (Å²) in [5.41, 5.74) is 0.930. The van der Waals surface area contributed by atoms with E-state index in [1.54, 1.807) is 0 Å². The molecule has 0 bridgehead atoms. The van der Waals surface area contributed by atoms with Gasteiger partial charge in [0, 0.05) is 5.97 Å². The SMILES string of the molecule is CC(C)(CC(=O)[O-])Cc1ccccc1. The molecule has 1 aromatic carbocycles. The Hall–Kier alpha value is -1.31. The van der Waals surface area contributed by atoms with Gasteiger partial charge in [-0.05, 0) is 23.8 Å². The minimum absolute atomic E-state index is 0.0991. The number of hydrogen-bond donors (Lipinski definition) is 0. The van der Waals surface area contributed by atoms with Gasteiger partial charge in [0.25, 0.3) is 0 Å². The average Bonchev–Trinajstić information content (AvgIpc) is 2.02. The molecule has 1 rings (SSSR count). The van der Waals surface area contributed by atoms with Crippen LogP contribution < -0.4 is 5.11 Å². The molecule has 0 N–H and O–H groups in total. The van der Waals surface area contributed by atoms with Crippen molar-refractivity contribution in [3.05, 3.63) is 35.9 Å². The van der Waals surface area contributed by atoms with Crippen molar-refractivity contribution >= 4 is 5.97 Å². The van der Waals surface area contributed by atoms with E-state index in [1.165, 1.54) is 5.56 Å². The molecule has 0 aromatic heterocycles. The van der Waals surface area contributed by atoms with Crippen LogP contribution in [0.2, 0.25) is 0 Å². The van der Waals surface area contributed by atoms with Gasteiger partial charge in [0.2, 0.25) is 0 Å². The summed E-state index contributed by atoms with van der Waals surface area (Å²) in [7, 11) is 0. The van der Waals surface area contributed by atoms with E-state index >= 15 is 0 Å². The van der Waals surface area contributed by atoms with Crippen LogP contribution in [-0.4, -0.2) is 5.97 Å². The van der Waals surface area contributed by atoms with E-state index in [1.807, 2.05) is 44.2 Å². The van der Waals surface area contributed by atoms with Gasteiger partial charge < -0.3 is 9.90 Å². The third kappa shape index (κ3) is 3.60. The molecule has 0 amide bonds. The van der Waals surface area contributed by atoms with Crippen molar-refractivity contribution < 1.29 is 9.90 Å². The van der Waals surface area contributed by atoms with E-state index in [2.05, 4.69) is 0 Å². The van der Waals surface area contributed by atoms with E-state index in [0.29, 0.717) is 0 Å². The molecule has 0 aliphatic carbocycles. The average molecular weight is 191 g/mol. The Labute approximate surface area is 84.6 Å². The molecule has 0 saturated heterocycles. The Kier molecular flexibility index (Phi) is 3.28. The lowest BCUT2D eigenvalue weighted by Crippen LogP contribution is -2.30. The fraction of sp³-hybridized carbons (Fsp3) is 0.417. The molecule has 2 heteroatoms. The van der Waals surface area contributed by atoms with Gasteiger partial charge in [-0.1, -0.05) is 44.2 Å². The molecule has 14 heavy (non-hydrogen) atoms. The minimum Gasteiger partial charge on any atom is -0.550 e. The second-order valence-corrected chi connectivity index (χ2v) is 4.38. The molecule has 1 aromatic rings. The Bertz CT molecular complexity index is 301. The maximum Gasteiger partial charge on any atom is 0.0419 e. The summed E-state index contributed by atoms with van der Waals surface area (Å²) in [5.74, 6) is -0.981. The fourth-order valence-electron chi connectivity index (χ4n) is 1.60. The molecule has 0 atom stereocenters. The molecule has 0 heterocycles. The van der Waals surface area contributed by atoms with Crippen LogP contribution in [0.3, 0.4) is 0 Å². The second kappa shape index (κ2) is 4.27. The number of carbonyl (C=O) groups excluding carboxylic acids is 1. The number of aliphatic carboxylic acids is 1. The first-order valence-corrected chi connectivity index (χ1v) is 4.73. The topological polar surface area (TPSA) is 40.1 Å². The summed E-state index contributed by atoms with van der Waals surface area (Å²) in [5, 5.41) is 10.5. The molecule has 0 aliphatic rings. The second-order valence-electron chi connectivity index (χ2n) is 4.38. The Morgan fingerprint density at radius 3 is 2.36 bits per heavy atom. The Balaban J connectivity index is 2.63. The largest absolute Gasteiger partial charge is 0.550 e. The summed E-state index contributed by atoms with van der Waals surface area (Å²) in [4.78, 5) is 10.5. The molecule has 0 radical (unpaired) electrons. The van der Waals surface area contributed by atoms with Crippen LogP contribution in [0.5, 0.6) is 0 Å². The first-order chi connectivity index (χ1) is 6.49. The van der Waals surface area contributed by atoms with Crippen LogP contribution in [0.1, 0.15) is 25.8 Å². The number of benzene rings is 1. The molecule has 0 unspecified atom stereocenters. The predicted molar refractivity (Wildman–Crippen MR) is 53.6 cm³/mol. The fourth-order valence-corrected chi connectivity index (χ4v) is 1.60. The third-order valence-corrected chi connectivity index (χ3v) is 2.15. The standard InChI is InChI=1S/C12H16O2/c1-12(2,9-11(13)14)8-10-6-4-3-5-7-10/h3-7H,8-9H2,1-2H3,(H,13,14)/p-1. The monoisotopic (exact) mass is 191 g/mol. The van der Waals surface area contributed by atoms with Crippen molar-refractivity contribution in [1.29, 1.82) is 0 Å². The number of hydrogen-bond acceptors (Lipinski definition) is 2. The van der Waals surface area contributed by atoms with E-state index in [4.69, 9.17) is 0 Å². The smallest absolute Gasteiger partial charge is 0.0419 e. The van der Waals surface area contributed by atoms with Crippen LogP contribution in [0.25, 0.3) is 0 Å². The van der Waals surface area contributed by atoms with Gasteiger partial charge in [-0.25, -0.2) is 0 Å². The van der Waals surface area contributed by atoms with Gasteiger partial charge in [-0.3, -0.25) is 0 Å². The van der Waals surface area contributed by atoms with Crippen molar-refractivity contribution in [3.8, 4) is 0 Å². The summed E-state index contributed by atoms with van der Waals surface area (Å²) >= 11 is 0. The maximum atomic E-state index is 10.5. The zero-order chi connectivity index (χ0) is 10.6. The highest BCUT2D eigenvalue weighted by Crippen LogP contribution is 2.25. The van der Waals surface area contributed by atoms with Crippen LogP contribution in [0.15, 0.2) is 30.3 Å². The van der Waals surface area contributed by atoms with Gasteiger partial charge in [-0.15, -0.1) is 0 Å². The van der Waals surface area contributed by atoms with E-state index in [-0.39, 0.29) is 11.8 Å². The summed E-state index contributed by atoms with van der Waals surface area (Å²) in [6.07, 6.45) is 0.865. The van der Waals surface area contributed by atoms with Crippen molar-refractivity contribution in [3.63, 3.8) is 0 Å². The van der Waals surface area contributed by atoms with E-state index in [0.717, 1.165) is 6.42 Å². The first kappa shape index (κ1) is 10.8. The molecular weight excluding hydrogens is 176 g/mol. The van der Waals surface area contributed by atoms with Crippen LogP contribution in [0, 0.1) is 5.41 Å². The zero-order valence-corrected chi connectivity index (χ0v) is 8.62. The molecule has 2 nitrogen and oxygen atoms in total. The van der Waals surface area contributed by atoms with Gasteiger partial charge in [-0.2, -0.15) is 0 Å².